The molecule has 1 saturated heterocycles. The molecule has 0 amide bonds. The van der Waals surface area contributed by atoms with Crippen molar-refractivity contribution in [1.29, 1.82) is 0 Å². The first-order chi connectivity index (χ1) is 11.1. The third-order valence-electron chi connectivity index (χ3n) is 4.40. The first-order valence-electron chi connectivity index (χ1n) is 8.92. The van der Waals surface area contributed by atoms with Gasteiger partial charge in [-0.1, -0.05) is 39.7 Å². The molecule has 1 aliphatic heterocycles. The van der Waals surface area contributed by atoms with Gasteiger partial charge in [-0.25, -0.2) is 0 Å². The van der Waals surface area contributed by atoms with E-state index in [1.165, 1.54) is 0 Å². The highest BCUT2D eigenvalue weighted by atomic mass is 28.4. The Balaban J connectivity index is 2.17. The molecule has 2 rings (SSSR count). The standard InChI is InChI=1S/C18H30O4Si/c1-4-7-12-23(21-17-11-8-10-16(19)13-17)20-14-15(6-3)18(22-23)9-5-2/h8,10-11,13,15,18-19H,4-7,9,12,14H2,1-3H3/t15-,18+,23?/m0/s1. The Morgan fingerprint density at radius 2 is 2.09 bits per heavy atom. The van der Waals surface area contributed by atoms with Crippen LogP contribution in [-0.2, 0) is 8.85 Å². The molecule has 1 unspecified atom stereocenters. The Hall–Kier alpha value is -1.04. The fourth-order valence-corrected chi connectivity index (χ4v) is 6.07. The zero-order valence-electron chi connectivity index (χ0n) is 14.6. The second kappa shape index (κ2) is 8.71. The van der Waals surface area contributed by atoms with Gasteiger partial charge < -0.3 is 18.4 Å². The summed E-state index contributed by atoms with van der Waals surface area (Å²) in [6.07, 6.45) is 5.55. The summed E-state index contributed by atoms with van der Waals surface area (Å²) in [5, 5.41) is 9.67. The summed E-state index contributed by atoms with van der Waals surface area (Å²) in [5.41, 5.74) is 0. The van der Waals surface area contributed by atoms with Crippen LogP contribution in [0.2, 0.25) is 6.04 Å². The molecule has 1 aromatic rings. The Morgan fingerprint density at radius 1 is 1.26 bits per heavy atom. The zero-order chi connectivity index (χ0) is 16.7. The minimum absolute atomic E-state index is 0.203. The largest absolute Gasteiger partial charge is 0.566 e. The lowest BCUT2D eigenvalue weighted by Crippen LogP contribution is -2.57. The Kier molecular flexibility index (Phi) is 6.93. The first-order valence-corrected chi connectivity index (χ1v) is 10.9. The van der Waals surface area contributed by atoms with Crippen LogP contribution in [0, 0.1) is 5.92 Å². The SMILES string of the molecule is CCCC[Si]1(Oc2cccc(O)c2)OC[C@H](CC)[C@@H](CCC)O1. The summed E-state index contributed by atoms with van der Waals surface area (Å²) in [5.74, 6) is 1.29. The van der Waals surface area contributed by atoms with Crippen molar-refractivity contribution in [1.82, 2.24) is 0 Å². The molecule has 23 heavy (non-hydrogen) atoms. The number of hydrogen-bond acceptors (Lipinski definition) is 4. The van der Waals surface area contributed by atoms with Crippen molar-refractivity contribution < 1.29 is 18.4 Å². The van der Waals surface area contributed by atoms with Gasteiger partial charge in [0.1, 0.15) is 11.5 Å². The Bertz CT molecular complexity index is 482. The van der Waals surface area contributed by atoms with Gasteiger partial charge in [-0.15, -0.1) is 0 Å². The monoisotopic (exact) mass is 338 g/mol. The van der Waals surface area contributed by atoms with E-state index in [4.69, 9.17) is 13.3 Å². The highest BCUT2D eigenvalue weighted by Crippen LogP contribution is 2.34. The van der Waals surface area contributed by atoms with Crippen LogP contribution < -0.4 is 4.43 Å². The van der Waals surface area contributed by atoms with Gasteiger partial charge in [0.05, 0.1) is 6.10 Å². The van der Waals surface area contributed by atoms with E-state index in [1.54, 1.807) is 18.2 Å². The lowest BCUT2D eigenvalue weighted by atomic mass is 9.97. The van der Waals surface area contributed by atoms with E-state index in [1.807, 2.05) is 6.07 Å². The number of benzene rings is 1. The highest BCUT2D eigenvalue weighted by Gasteiger charge is 2.50. The van der Waals surface area contributed by atoms with Crippen LogP contribution in [-0.4, -0.2) is 26.6 Å². The van der Waals surface area contributed by atoms with E-state index < -0.39 is 8.80 Å². The third kappa shape index (κ3) is 4.96. The van der Waals surface area contributed by atoms with E-state index >= 15 is 0 Å². The van der Waals surface area contributed by atoms with E-state index in [9.17, 15) is 5.11 Å². The molecule has 5 heteroatoms. The van der Waals surface area contributed by atoms with E-state index in [-0.39, 0.29) is 11.9 Å². The number of phenolic OH excluding ortho intramolecular Hbond substituents is 1. The average Bonchev–Trinajstić information content (AvgIpc) is 2.54. The quantitative estimate of drug-likeness (QED) is 0.695. The van der Waals surface area contributed by atoms with Crippen LogP contribution in [0.1, 0.15) is 52.9 Å². The minimum Gasteiger partial charge on any atom is -0.508 e. The summed E-state index contributed by atoms with van der Waals surface area (Å²) < 4.78 is 18.9. The van der Waals surface area contributed by atoms with Gasteiger partial charge in [0.15, 0.2) is 0 Å². The van der Waals surface area contributed by atoms with Crippen LogP contribution in [0.15, 0.2) is 24.3 Å². The average molecular weight is 339 g/mol. The molecule has 0 aromatic heterocycles. The van der Waals surface area contributed by atoms with Crippen molar-refractivity contribution in [2.75, 3.05) is 6.61 Å². The van der Waals surface area contributed by atoms with Crippen molar-refractivity contribution in [3.8, 4) is 11.5 Å². The molecule has 1 N–H and O–H groups in total. The maximum atomic E-state index is 9.67. The second-order valence-corrected chi connectivity index (χ2v) is 8.90. The van der Waals surface area contributed by atoms with Crippen LogP contribution in [0.4, 0.5) is 0 Å². The molecular weight excluding hydrogens is 308 g/mol. The molecule has 1 aliphatic rings. The van der Waals surface area contributed by atoms with Crippen molar-refractivity contribution >= 4 is 8.80 Å². The van der Waals surface area contributed by atoms with Crippen LogP contribution >= 0.6 is 0 Å². The number of aromatic hydroxyl groups is 1. The van der Waals surface area contributed by atoms with Crippen LogP contribution in [0.5, 0.6) is 11.5 Å². The third-order valence-corrected chi connectivity index (χ3v) is 7.18. The predicted molar refractivity (Wildman–Crippen MR) is 93.7 cm³/mol. The minimum atomic E-state index is -2.74. The fraction of sp³-hybridized carbons (Fsp3) is 0.667. The molecule has 0 saturated carbocycles. The normalized spacial score (nSPS) is 27.8. The molecule has 0 bridgehead atoms. The lowest BCUT2D eigenvalue weighted by Gasteiger charge is -2.41. The summed E-state index contributed by atoms with van der Waals surface area (Å²) in [7, 11) is -2.74. The molecule has 1 heterocycles. The molecule has 3 atom stereocenters. The lowest BCUT2D eigenvalue weighted by molar-refractivity contribution is -0.0413. The summed E-state index contributed by atoms with van der Waals surface area (Å²) in [4.78, 5) is 0. The number of rotatable bonds is 8. The van der Waals surface area contributed by atoms with Crippen molar-refractivity contribution in [2.45, 2.75) is 65.0 Å². The zero-order valence-corrected chi connectivity index (χ0v) is 15.6. The smallest absolute Gasteiger partial charge is 0.508 e. The van der Waals surface area contributed by atoms with Gasteiger partial charge >= 0.3 is 8.80 Å². The molecule has 130 valence electrons. The number of hydrogen-bond donors (Lipinski definition) is 1. The molecular formula is C18H30O4Si. The van der Waals surface area contributed by atoms with Crippen LogP contribution in [0.25, 0.3) is 0 Å². The van der Waals surface area contributed by atoms with Crippen molar-refractivity contribution in [3.63, 3.8) is 0 Å². The molecule has 1 fully saturated rings. The maximum Gasteiger partial charge on any atom is 0.566 e. The van der Waals surface area contributed by atoms with Crippen molar-refractivity contribution in [2.24, 2.45) is 5.92 Å². The summed E-state index contributed by atoms with van der Waals surface area (Å²) in [6, 6.07) is 7.74. The molecule has 1 aromatic carbocycles. The van der Waals surface area contributed by atoms with E-state index in [0.717, 1.165) is 44.8 Å². The van der Waals surface area contributed by atoms with Gasteiger partial charge in [-0.05, 0) is 31.4 Å². The first kappa shape index (κ1) is 18.3. The molecule has 4 nitrogen and oxygen atoms in total. The molecule has 0 aliphatic carbocycles. The van der Waals surface area contributed by atoms with Crippen molar-refractivity contribution in [3.05, 3.63) is 24.3 Å². The maximum absolute atomic E-state index is 9.67. The summed E-state index contributed by atoms with van der Waals surface area (Å²) in [6.45, 7) is 7.27. The van der Waals surface area contributed by atoms with E-state index in [2.05, 4.69) is 20.8 Å². The second-order valence-electron chi connectivity index (χ2n) is 6.31. The van der Waals surface area contributed by atoms with Gasteiger partial charge in [0.25, 0.3) is 0 Å². The number of unbranched alkanes of at least 4 members (excludes halogenated alkanes) is 1. The molecule has 0 radical (unpaired) electrons. The van der Waals surface area contributed by atoms with Crippen LogP contribution in [0.3, 0.4) is 0 Å². The van der Waals surface area contributed by atoms with E-state index in [0.29, 0.717) is 11.7 Å². The van der Waals surface area contributed by atoms with Gasteiger partial charge in [0.2, 0.25) is 0 Å². The number of phenols is 1. The van der Waals surface area contributed by atoms with Gasteiger partial charge in [-0.3, -0.25) is 0 Å². The highest BCUT2D eigenvalue weighted by molar-refractivity contribution is 6.61. The topological polar surface area (TPSA) is 47.9 Å². The summed E-state index contributed by atoms with van der Waals surface area (Å²) >= 11 is 0. The van der Waals surface area contributed by atoms with Gasteiger partial charge in [0, 0.05) is 24.6 Å². The predicted octanol–water partition coefficient (Wildman–Crippen LogP) is 4.75. The Morgan fingerprint density at radius 3 is 2.74 bits per heavy atom. The van der Waals surface area contributed by atoms with Gasteiger partial charge in [-0.2, -0.15) is 0 Å². The fourth-order valence-electron chi connectivity index (χ4n) is 3.02. The Labute approximate surface area is 141 Å². The molecule has 0 spiro atoms.